The van der Waals surface area contributed by atoms with Crippen molar-refractivity contribution in [1.29, 1.82) is 0 Å². The number of hydrogen-bond acceptors (Lipinski definition) is 2. The average Bonchev–Trinajstić information content (AvgIpc) is 2.34. The second-order valence-corrected chi connectivity index (χ2v) is 3.11. The van der Waals surface area contributed by atoms with Crippen LogP contribution in [0.4, 0.5) is 0 Å². The van der Waals surface area contributed by atoms with Crippen LogP contribution in [0, 0.1) is 13.8 Å². The normalized spacial score (nSPS) is 15.1. The van der Waals surface area contributed by atoms with Crippen LogP contribution >= 0.6 is 0 Å². The van der Waals surface area contributed by atoms with Gasteiger partial charge in [0.25, 0.3) is 0 Å². The third-order valence-corrected chi connectivity index (χ3v) is 2.16. The molecule has 2 nitrogen and oxygen atoms in total. The van der Waals surface area contributed by atoms with Gasteiger partial charge in [0.1, 0.15) is 0 Å². The maximum absolute atomic E-state index is 4.45. The maximum Gasteiger partial charge on any atom is 0.0592 e. The topological polar surface area (TPSA) is 24.9 Å². The SMILES string of the molecule is Cc1cc(C)c2c(n1)CNC2. The molecule has 0 radical (unpaired) electrons. The Balaban J connectivity index is 2.60. The van der Waals surface area contributed by atoms with Crippen molar-refractivity contribution < 1.29 is 0 Å². The minimum Gasteiger partial charge on any atom is -0.307 e. The van der Waals surface area contributed by atoms with E-state index in [9.17, 15) is 0 Å². The van der Waals surface area contributed by atoms with Crippen LogP contribution < -0.4 is 5.32 Å². The van der Waals surface area contributed by atoms with Gasteiger partial charge in [0.15, 0.2) is 0 Å². The molecule has 1 N–H and O–H groups in total. The van der Waals surface area contributed by atoms with E-state index in [0.717, 1.165) is 18.8 Å². The lowest BCUT2D eigenvalue weighted by atomic mass is 10.1. The van der Waals surface area contributed by atoms with Gasteiger partial charge in [-0.15, -0.1) is 0 Å². The molecule has 0 saturated carbocycles. The zero-order chi connectivity index (χ0) is 7.84. The third kappa shape index (κ3) is 1.03. The first-order valence-corrected chi connectivity index (χ1v) is 3.94. The van der Waals surface area contributed by atoms with Gasteiger partial charge in [0.05, 0.1) is 5.69 Å². The summed E-state index contributed by atoms with van der Waals surface area (Å²) < 4.78 is 0. The van der Waals surface area contributed by atoms with Crippen molar-refractivity contribution in [1.82, 2.24) is 10.3 Å². The van der Waals surface area contributed by atoms with Crippen LogP contribution in [-0.2, 0) is 13.1 Å². The van der Waals surface area contributed by atoms with E-state index < -0.39 is 0 Å². The Morgan fingerprint density at radius 1 is 1.36 bits per heavy atom. The van der Waals surface area contributed by atoms with Gasteiger partial charge in [-0.3, -0.25) is 4.98 Å². The summed E-state index contributed by atoms with van der Waals surface area (Å²) in [6.45, 7) is 6.14. The first-order valence-electron chi connectivity index (χ1n) is 3.94. The molecule has 0 aliphatic carbocycles. The molecule has 2 heterocycles. The number of fused-ring (bicyclic) bond motifs is 1. The fraction of sp³-hybridized carbons (Fsp3) is 0.444. The number of aryl methyl sites for hydroxylation is 2. The van der Waals surface area contributed by atoms with E-state index in [2.05, 4.69) is 23.3 Å². The minimum absolute atomic E-state index is 0.942. The second-order valence-electron chi connectivity index (χ2n) is 3.11. The molecule has 0 aromatic carbocycles. The van der Waals surface area contributed by atoms with Crippen LogP contribution in [0.2, 0.25) is 0 Å². The minimum atomic E-state index is 0.942. The molecular weight excluding hydrogens is 136 g/mol. The molecule has 0 spiro atoms. The summed E-state index contributed by atoms with van der Waals surface area (Å²) in [5.74, 6) is 0. The predicted molar refractivity (Wildman–Crippen MR) is 44.3 cm³/mol. The van der Waals surface area contributed by atoms with E-state index in [1.165, 1.54) is 16.8 Å². The lowest BCUT2D eigenvalue weighted by Crippen LogP contribution is -2.00. The highest BCUT2D eigenvalue weighted by Gasteiger charge is 2.13. The number of hydrogen-bond donors (Lipinski definition) is 1. The summed E-state index contributed by atoms with van der Waals surface area (Å²) in [6, 6.07) is 2.14. The predicted octanol–water partition coefficient (Wildman–Crippen LogP) is 1.30. The molecule has 0 fully saturated rings. The quantitative estimate of drug-likeness (QED) is 0.600. The Morgan fingerprint density at radius 3 is 3.00 bits per heavy atom. The summed E-state index contributed by atoms with van der Waals surface area (Å²) in [7, 11) is 0. The number of aromatic nitrogens is 1. The molecule has 1 aromatic heterocycles. The maximum atomic E-state index is 4.45. The Labute approximate surface area is 66.7 Å². The summed E-state index contributed by atoms with van der Waals surface area (Å²) in [4.78, 5) is 4.45. The lowest BCUT2D eigenvalue weighted by molar-refractivity contribution is 0.756. The van der Waals surface area contributed by atoms with Gasteiger partial charge < -0.3 is 5.32 Å². The van der Waals surface area contributed by atoms with Crippen LogP contribution in [0.5, 0.6) is 0 Å². The first-order chi connectivity index (χ1) is 5.27. The highest BCUT2D eigenvalue weighted by atomic mass is 14.9. The van der Waals surface area contributed by atoms with E-state index in [1.54, 1.807) is 0 Å². The Kier molecular flexibility index (Phi) is 1.43. The molecule has 2 rings (SSSR count). The van der Waals surface area contributed by atoms with E-state index in [0.29, 0.717) is 0 Å². The van der Waals surface area contributed by atoms with Gasteiger partial charge >= 0.3 is 0 Å². The number of pyridine rings is 1. The van der Waals surface area contributed by atoms with Crippen molar-refractivity contribution in [3.63, 3.8) is 0 Å². The first kappa shape index (κ1) is 6.80. The highest BCUT2D eigenvalue weighted by Crippen LogP contribution is 2.17. The number of nitrogens with zero attached hydrogens (tertiary/aromatic N) is 1. The molecule has 2 heteroatoms. The molecule has 1 aliphatic heterocycles. The largest absolute Gasteiger partial charge is 0.307 e. The van der Waals surface area contributed by atoms with Crippen LogP contribution in [0.3, 0.4) is 0 Å². The molecule has 0 unspecified atom stereocenters. The summed E-state index contributed by atoms with van der Waals surface area (Å²) in [5.41, 5.74) is 5.14. The van der Waals surface area contributed by atoms with Crippen molar-refractivity contribution in [2.24, 2.45) is 0 Å². The molecule has 0 atom stereocenters. The van der Waals surface area contributed by atoms with Crippen molar-refractivity contribution in [2.75, 3.05) is 0 Å². The average molecular weight is 148 g/mol. The molecular formula is C9H12N2. The zero-order valence-electron chi connectivity index (χ0n) is 6.94. The number of rotatable bonds is 0. The molecule has 1 aromatic rings. The Bertz CT molecular complexity index is 292. The van der Waals surface area contributed by atoms with Gasteiger partial charge in [-0.05, 0) is 31.0 Å². The summed E-state index contributed by atoms with van der Waals surface area (Å²) in [6.07, 6.45) is 0. The van der Waals surface area contributed by atoms with Crippen LogP contribution in [0.15, 0.2) is 6.07 Å². The number of nitrogens with one attached hydrogen (secondary N) is 1. The van der Waals surface area contributed by atoms with Crippen LogP contribution in [0.1, 0.15) is 22.5 Å². The van der Waals surface area contributed by atoms with Crippen molar-refractivity contribution in [3.8, 4) is 0 Å². The van der Waals surface area contributed by atoms with Crippen molar-refractivity contribution in [2.45, 2.75) is 26.9 Å². The molecule has 11 heavy (non-hydrogen) atoms. The van der Waals surface area contributed by atoms with E-state index in [-0.39, 0.29) is 0 Å². The standard InChI is InChI=1S/C9H12N2/c1-6-3-7(2)11-9-5-10-4-8(6)9/h3,10H,4-5H2,1-2H3. The molecule has 0 bridgehead atoms. The van der Waals surface area contributed by atoms with E-state index in [1.807, 2.05) is 6.92 Å². The summed E-state index contributed by atoms with van der Waals surface area (Å²) in [5, 5.41) is 3.29. The Hall–Kier alpha value is -0.890. The van der Waals surface area contributed by atoms with Gasteiger partial charge in [0, 0.05) is 18.8 Å². The van der Waals surface area contributed by atoms with E-state index >= 15 is 0 Å². The molecule has 58 valence electrons. The Morgan fingerprint density at radius 2 is 2.18 bits per heavy atom. The lowest BCUT2D eigenvalue weighted by Gasteiger charge is -2.02. The second kappa shape index (κ2) is 2.31. The van der Waals surface area contributed by atoms with Gasteiger partial charge in [-0.2, -0.15) is 0 Å². The molecule has 0 saturated heterocycles. The summed E-state index contributed by atoms with van der Waals surface area (Å²) >= 11 is 0. The van der Waals surface area contributed by atoms with Gasteiger partial charge in [-0.1, -0.05) is 0 Å². The van der Waals surface area contributed by atoms with Crippen molar-refractivity contribution in [3.05, 3.63) is 28.6 Å². The highest BCUT2D eigenvalue weighted by molar-refractivity contribution is 5.33. The van der Waals surface area contributed by atoms with Gasteiger partial charge in [0.2, 0.25) is 0 Å². The third-order valence-electron chi connectivity index (χ3n) is 2.16. The molecule has 1 aliphatic rings. The monoisotopic (exact) mass is 148 g/mol. The zero-order valence-corrected chi connectivity index (χ0v) is 6.94. The molecule has 0 amide bonds. The fourth-order valence-electron chi connectivity index (χ4n) is 1.63. The van der Waals surface area contributed by atoms with Gasteiger partial charge in [-0.25, -0.2) is 0 Å². The van der Waals surface area contributed by atoms with Crippen LogP contribution in [-0.4, -0.2) is 4.98 Å². The van der Waals surface area contributed by atoms with Crippen molar-refractivity contribution >= 4 is 0 Å². The fourth-order valence-corrected chi connectivity index (χ4v) is 1.63. The smallest absolute Gasteiger partial charge is 0.0592 e. The van der Waals surface area contributed by atoms with E-state index in [4.69, 9.17) is 0 Å². The van der Waals surface area contributed by atoms with Crippen LogP contribution in [0.25, 0.3) is 0 Å².